The summed E-state index contributed by atoms with van der Waals surface area (Å²) >= 11 is 0. The van der Waals surface area contributed by atoms with E-state index in [9.17, 15) is 14.7 Å². The van der Waals surface area contributed by atoms with Gasteiger partial charge in [-0.2, -0.15) is 0 Å². The van der Waals surface area contributed by atoms with E-state index in [1.807, 2.05) is 0 Å². The van der Waals surface area contributed by atoms with Crippen LogP contribution in [0.2, 0.25) is 0 Å². The molecule has 2 aliphatic heterocycles. The number of carboxylic acids is 1. The van der Waals surface area contributed by atoms with Crippen LogP contribution in [-0.4, -0.2) is 49.8 Å². The Hall–Kier alpha value is -1.14. The first-order chi connectivity index (χ1) is 10.1. The lowest BCUT2D eigenvalue weighted by molar-refractivity contribution is -0.154. The molecular formula is C15H24N2O4. The molecule has 6 heteroatoms. The zero-order chi connectivity index (χ0) is 14.9. The van der Waals surface area contributed by atoms with E-state index in [2.05, 4.69) is 10.6 Å². The number of carboxylic acid groups (broad SMARTS) is 1. The van der Waals surface area contributed by atoms with Gasteiger partial charge in [0.25, 0.3) is 0 Å². The normalized spacial score (nSPS) is 29.8. The molecule has 1 saturated carbocycles. The van der Waals surface area contributed by atoms with Crippen molar-refractivity contribution in [2.24, 2.45) is 16.7 Å². The molecule has 0 aromatic carbocycles. The van der Waals surface area contributed by atoms with Crippen molar-refractivity contribution >= 4 is 11.9 Å². The van der Waals surface area contributed by atoms with Crippen molar-refractivity contribution in [1.82, 2.24) is 10.6 Å². The highest BCUT2D eigenvalue weighted by Gasteiger charge is 2.57. The van der Waals surface area contributed by atoms with Gasteiger partial charge in [-0.25, -0.2) is 0 Å². The molecule has 0 bridgehead atoms. The van der Waals surface area contributed by atoms with Gasteiger partial charge in [0, 0.05) is 25.7 Å². The predicted molar refractivity (Wildman–Crippen MR) is 75.8 cm³/mol. The molecule has 1 amide bonds. The van der Waals surface area contributed by atoms with Crippen molar-refractivity contribution < 1.29 is 19.4 Å². The number of nitrogens with one attached hydrogen (secondary N) is 2. The highest BCUT2D eigenvalue weighted by atomic mass is 16.5. The van der Waals surface area contributed by atoms with Gasteiger partial charge >= 0.3 is 5.97 Å². The second-order valence-electron chi connectivity index (χ2n) is 6.78. The van der Waals surface area contributed by atoms with Crippen molar-refractivity contribution in [2.75, 3.05) is 32.8 Å². The van der Waals surface area contributed by atoms with Gasteiger partial charge in [0.1, 0.15) is 0 Å². The highest BCUT2D eigenvalue weighted by Crippen LogP contribution is 2.58. The molecule has 0 aromatic heterocycles. The van der Waals surface area contributed by atoms with E-state index >= 15 is 0 Å². The van der Waals surface area contributed by atoms with E-state index in [1.165, 1.54) is 0 Å². The summed E-state index contributed by atoms with van der Waals surface area (Å²) < 4.78 is 5.25. The molecule has 1 unspecified atom stereocenters. The van der Waals surface area contributed by atoms with E-state index < -0.39 is 11.4 Å². The minimum absolute atomic E-state index is 0.0454. The van der Waals surface area contributed by atoms with Gasteiger partial charge in [0.2, 0.25) is 5.91 Å². The first-order valence-electron chi connectivity index (χ1n) is 7.88. The summed E-state index contributed by atoms with van der Waals surface area (Å²) in [7, 11) is 0. The Balaban J connectivity index is 1.54. The fourth-order valence-electron chi connectivity index (χ4n) is 3.80. The minimum atomic E-state index is -0.843. The second-order valence-corrected chi connectivity index (χ2v) is 6.78. The molecule has 2 heterocycles. The van der Waals surface area contributed by atoms with E-state index in [0.29, 0.717) is 26.1 Å². The topological polar surface area (TPSA) is 87.7 Å². The first kappa shape index (κ1) is 14.8. The van der Waals surface area contributed by atoms with E-state index in [4.69, 9.17) is 4.74 Å². The Labute approximate surface area is 124 Å². The molecule has 2 saturated heterocycles. The third kappa shape index (κ3) is 2.79. The summed E-state index contributed by atoms with van der Waals surface area (Å²) in [5.74, 6) is -0.687. The molecule has 1 aliphatic carbocycles. The summed E-state index contributed by atoms with van der Waals surface area (Å²) in [6.45, 7) is 3.12. The first-order valence-corrected chi connectivity index (χ1v) is 7.88. The molecule has 1 spiro atoms. The molecule has 0 radical (unpaired) electrons. The van der Waals surface area contributed by atoms with Gasteiger partial charge < -0.3 is 20.5 Å². The monoisotopic (exact) mass is 296 g/mol. The predicted octanol–water partition coefficient (Wildman–Crippen LogP) is 0.374. The Morgan fingerprint density at radius 2 is 1.86 bits per heavy atom. The van der Waals surface area contributed by atoms with Gasteiger partial charge in [-0.1, -0.05) is 0 Å². The van der Waals surface area contributed by atoms with Crippen LogP contribution in [0.5, 0.6) is 0 Å². The number of carbonyl (C=O) groups excluding carboxylic acids is 1. The van der Waals surface area contributed by atoms with Gasteiger partial charge in [-0.15, -0.1) is 0 Å². The van der Waals surface area contributed by atoms with Gasteiger partial charge in [0.05, 0.1) is 5.41 Å². The van der Waals surface area contributed by atoms with Crippen LogP contribution in [0.25, 0.3) is 0 Å². The number of aliphatic carboxylic acids is 1. The fourth-order valence-corrected chi connectivity index (χ4v) is 3.80. The summed E-state index contributed by atoms with van der Waals surface area (Å²) in [5, 5.41) is 15.7. The van der Waals surface area contributed by atoms with Crippen molar-refractivity contribution in [2.45, 2.75) is 32.1 Å². The third-order valence-corrected chi connectivity index (χ3v) is 5.61. The van der Waals surface area contributed by atoms with E-state index in [0.717, 1.165) is 32.4 Å². The fraction of sp³-hybridized carbons (Fsp3) is 0.867. The van der Waals surface area contributed by atoms with Crippen LogP contribution in [-0.2, 0) is 14.3 Å². The molecule has 3 fully saturated rings. The molecule has 3 rings (SSSR count). The van der Waals surface area contributed by atoms with Crippen LogP contribution in [0.15, 0.2) is 0 Å². The van der Waals surface area contributed by atoms with Crippen LogP contribution < -0.4 is 10.6 Å². The smallest absolute Gasteiger partial charge is 0.311 e. The minimum Gasteiger partial charge on any atom is -0.481 e. The molecule has 118 valence electrons. The molecular weight excluding hydrogens is 272 g/mol. The van der Waals surface area contributed by atoms with Gasteiger partial charge in [0.15, 0.2) is 0 Å². The van der Waals surface area contributed by atoms with Gasteiger partial charge in [-0.05, 0) is 50.6 Å². The summed E-state index contributed by atoms with van der Waals surface area (Å²) in [5.41, 5.74) is -0.647. The maximum Gasteiger partial charge on any atom is 0.311 e. The average Bonchev–Trinajstić information content (AvgIpc) is 3.19. The number of hydrogen-bond acceptors (Lipinski definition) is 4. The molecule has 3 aliphatic rings. The lowest BCUT2D eigenvalue weighted by Crippen LogP contribution is -2.47. The number of rotatable bonds is 4. The highest BCUT2D eigenvalue weighted by molar-refractivity contribution is 5.83. The van der Waals surface area contributed by atoms with E-state index in [1.54, 1.807) is 0 Å². The summed E-state index contributed by atoms with van der Waals surface area (Å²) in [6.07, 6.45) is 4.03. The van der Waals surface area contributed by atoms with Crippen LogP contribution in [0.4, 0.5) is 0 Å². The largest absolute Gasteiger partial charge is 0.481 e. The number of piperidine rings is 1. The van der Waals surface area contributed by atoms with Crippen molar-refractivity contribution in [3.05, 3.63) is 0 Å². The Morgan fingerprint density at radius 3 is 2.48 bits per heavy atom. The van der Waals surface area contributed by atoms with Crippen LogP contribution in [0.3, 0.4) is 0 Å². The number of amides is 1. The molecule has 0 aromatic rings. The number of carbonyl (C=O) groups is 2. The summed E-state index contributed by atoms with van der Waals surface area (Å²) in [6, 6.07) is 0. The molecule has 6 nitrogen and oxygen atoms in total. The Morgan fingerprint density at radius 1 is 1.19 bits per heavy atom. The van der Waals surface area contributed by atoms with Crippen molar-refractivity contribution in [3.8, 4) is 0 Å². The molecule has 3 N–H and O–H groups in total. The molecule has 1 atom stereocenters. The van der Waals surface area contributed by atoms with E-state index in [-0.39, 0.29) is 23.8 Å². The summed E-state index contributed by atoms with van der Waals surface area (Å²) in [4.78, 5) is 23.9. The standard InChI is InChI=1S/C15H24N2O4/c18-12(11-9-14(11)1-5-16-6-2-14)17-10-15(13(19)20)3-7-21-8-4-15/h11,16H,1-10H2,(H,17,18)(H,19,20). The zero-order valence-corrected chi connectivity index (χ0v) is 12.3. The maximum absolute atomic E-state index is 12.3. The lowest BCUT2D eigenvalue weighted by atomic mass is 9.80. The Bertz CT molecular complexity index is 425. The molecule has 21 heavy (non-hydrogen) atoms. The van der Waals surface area contributed by atoms with Crippen LogP contribution in [0.1, 0.15) is 32.1 Å². The third-order valence-electron chi connectivity index (χ3n) is 5.61. The SMILES string of the molecule is O=C(NCC1(C(=O)O)CCOCC1)C1CC12CCNCC2. The maximum atomic E-state index is 12.3. The average molecular weight is 296 g/mol. The van der Waals surface area contributed by atoms with Gasteiger partial charge in [-0.3, -0.25) is 9.59 Å². The lowest BCUT2D eigenvalue weighted by Gasteiger charge is -2.33. The number of hydrogen-bond donors (Lipinski definition) is 3. The van der Waals surface area contributed by atoms with Crippen molar-refractivity contribution in [1.29, 1.82) is 0 Å². The second kappa shape index (κ2) is 5.57. The zero-order valence-electron chi connectivity index (χ0n) is 12.3. The van der Waals surface area contributed by atoms with Crippen molar-refractivity contribution in [3.63, 3.8) is 0 Å². The quantitative estimate of drug-likeness (QED) is 0.698. The van der Waals surface area contributed by atoms with Crippen LogP contribution >= 0.6 is 0 Å². The Kier molecular flexibility index (Phi) is 3.92. The van der Waals surface area contributed by atoms with Crippen LogP contribution in [0, 0.1) is 16.7 Å². The number of ether oxygens (including phenoxy) is 1.